The van der Waals surface area contributed by atoms with Crippen LogP contribution >= 0.6 is 60.0 Å². The number of benzene rings is 2. The average molecular weight is 481 g/mol. The molecular formula is C13H6Br3FN2S. The monoisotopic (exact) mass is 478 g/mol. The van der Waals surface area contributed by atoms with Crippen molar-refractivity contribution < 1.29 is 4.39 Å². The van der Waals surface area contributed by atoms with Gasteiger partial charge in [-0.05, 0) is 68.3 Å². The molecule has 0 spiro atoms. The minimum atomic E-state index is -0.325. The van der Waals surface area contributed by atoms with Crippen LogP contribution in [0.15, 0.2) is 43.7 Å². The van der Waals surface area contributed by atoms with E-state index in [1.54, 1.807) is 10.6 Å². The Labute approximate surface area is 144 Å². The highest BCUT2D eigenvalue weighted by Gasteiger charge is 2.12. The Morgan fingerprint density at radius 3 is 2.50 bits per heavy atom. The summed E-state index contributed by atoms with van der Waals surface area (Å²) in [6.07, 6.45) is 0. The Balaban J connectivity index is 2.39. The number of nitrogens with one attached hydrogen (secondary N) is 1. The standard InChI is InChI=1S/C13H6Br3FN2S/c14-6-1-2-11(8(16)3-6)19-12-5-9(17)7(15)4-10(12)18-13(19)20/h1-5H,(H,18,20). The fraction of sp³-hybridized carbons (Fsp3) is 0. The first-order valence-electron chi connectivity index (χ1n) is 5.52. The van der Waals surface area contributed by atoms with Gasteiger partial charge in [0.2, 0.25) is 0 Å². The molecular weight excluding hydrogens is 475 g/mol. The molecule has 2 aromatic carbocycles. The quantitative estimate of drug-likeness (QED) is 0.416. The number of nitrogens with zero attached hydrogens (tertiary/aromatic N) is 1. The fourth-order valence-corrected chi connectivity index (χ4v) is 3.88. The van der Waals surface area contributed by atoms with E-state index < -0.39 is 0 Å². The number of hydrogen-bond acceptors (Lipinski definition) is 1. The summed E-state index contributed by atoms with van der Waals surface area (Å²) < 4.78 is 18.3. The number of imidazole rings is 1. The molecule has 20 heavy (non-hydrogen) atoms. The van der Waals surface area contributed by atoms with Gasteiger partial charge in [-0.3, -0.25) is 4.57 Å². The Bertz CT molecular complexity index is 885. The van der Waals surface area contributed by atoms with Crippen molar-refractivity contribution in [3.8, 4) is 5.69 Å². The summed E-state index contributed by atoms with van der Waals surface area (Å²) >= 11 is 15.4. The highest BCUT2D eigenvalue weighted by atomic mass is 79.9. The van der Waals surface area contributed by atoms with Crippen molar-refractivity contribution in [1.29, 1.82) is 0 Å². The van der Waals surface area contributed by atoms with Gasteiger partial charge >= 0.3 is 0 Å². The van der Waals surface area contributed by atoms with Crippen LogP contribution in [0.1, 0.15) is 0 Å². The molecule has 0 bridgehead atoms. The average Bonchev–Trinajstić information content (AvgIpc) is 2.66. The lowest BCUT2D eigenvalue weighted by Gasteiger charge is -2.08. The van der Waals surface area contributed by atoms with Crippen molar-refractivity contribution in [1.82, 2.24) is 9.55 Å². The summed E-state index contributed by atoms with van der Waals surface area (Å²) in [6, 6.07) is 8.89. The number of rotatable bonds is 1. The van der Waals surface area contributed by atoms with Gasteiger partial charge in [0.15, 0.2) is 4.77 Å². The van der Waals surface area contributed by atoms with Crippen LogP contribution in [-0.4, -0.2) is 9.55 Å². The minimum absolute atomic E-state index is 0.325. The molecule has 0 unspecified atom stereocenters. The van der Waals surface area contributed by atoms with Crippen LogP contribution in [0.5, 0.6) is 0 Å². The van der Waals surface area contributed by atoms with Crippen LogP contribution in [-0.2, 0) is 0 Å². The number of hydrogen-bond donors (Lipinski definition) is 1. The van der Waals surface area contributed by atoms with Crippen molar-refractivity contribution in [3.63, 3.8) is 0 Å². The van der Waals surface area contributed by atoms with E-state index in [-0.39, 0.29) is 5.82 Å². The van der Waals surface area contributed by atoms with Crippen LogP contribution in [0.3, 0.4) is 0 Å². The molecule has 0 aliphatic rings. The number of aromatic amines is 1. The molecule has 0 amide bonds. The third kappa shape index (κ3) is 2.41. The first kappa shape index (κ1) is 14.4. The van der Waals surface area contributed by atoms with Crippen LogP contribution in [0.2, 0.25) is 0 Å². The summed E-state index contributed by atoms with van der Waals surface area (Å²) in [5, 5.41) is 0. The van der Waals surface area contributed by atoms with Gasteiger partial charge in [-0.25, -0.2) is 4.39 Å². The highest BCUT2D eigenvalue weighted by Crippen LogP contribution is 2.30. The van der Waals surface area contributed by atoms with Crippen LogP contribution in [0.4, 0.5) is 4.39 Å². The summed E-state index contributed by atoms with van der Waals surface area (Å²) in [4.78, 5) is 3.08. The number of halogens is 4. The molecule has 0 radical (unpaired) electrons. The maximum absolute atomic E-state index is 13.8. The molecule has 1 aromatic heterocycles. The lowest BCUT2D eigenvalue weighted by Crippen LogP contribution is -1.95. The first-order chi connectivity index (χ1) is 9.47. The summed E-state index contributed by atoms with van der Waals surface area (Å²) in [7, 11) is 0. The van der Waals surface area contributed by atoms with Gasteiger partial charge in [-0.2, -0.15) is 0 Å². The predicted molar refractivity (Wildman–Crippen MR) is 91.5 cm³/mol. The van der Waals surface area contributed by atoms with E-state index in [0.717, 1.165) is 20.1 Å². The largest absolute Gasteiger partial charge is 0.330 e. The molecule has 7 heteroatoms. The summed E-state index contributed by atoms with van der Waals surface area (Å²) in [5.41, 5.74) is 2.32. The predicted octanol–water partition coefficient (Wildman–Crippen LogP) is 6.11. The smallest absolute Gasteiger partial charge is 0.182 e. The molecule has 3 aromatic rings. The first-order valence-corrected chi connectivity index (χ1v) is 8.31. The lowest BCUT2D eigenvalue weighted by molar-refractivity contribution is 0.622. The molecule has 0 saturated heterocycles. The Morgan fingerprint density at radius 2 is 1.80 bits per heavy atom. The van der Waals surface area contributed by atoms with E-state index in [9.17, 15) is 4.39 Å². The van der Waals surface area contributed by atoms with Crippen LogP contribution in [0, 0.1) is 10.6 Å². The van der Waals surface area contributed by atoms with Crippen LogP contribution in [0.25, 0.3) is 16.7 Å². The zero-order valence-electron chi connectivity index (χ0n) is 9.75. The molecule has 1 heterocycles. The Morgan fingerprint density at radius 1 is 1.05 bits per heavy atom. The number of H-pyrrole nitrogens is 1. The third-order valence-corrected chi connectivity index (χ3v) is 4.90. The van der Waals surface area contributed by atoms with E-state index in [1.807, 2.05) is 18.2 Å². The molecule has 0 aliphatic carbocycles. The van der Waals surface area contributed by atoms with E-state index in [2.05, 4.69) is 52.8 Å². The third-order valence-electron chi connectivity index (χ3n) is 2.87. The molecule has 2 nitrogen and oxygen atoms in total. The van der Waals surface area contributed by atoms with E-state index in [1.165, 1.54) is 6.07 Å². The SMILES string of the molecule is Fc1cc2c(cc1Br)[nH]c(=S)n2-c1ccc(Br)cc1Br. The van der Waals surface area contributed by atoms with Gasteiger partial charge in [0.1, 0.15) is 5.82 Å². The number of aromatic nitrogens is 2. The van der Waals surface area contributed by atoms with E-state index >= 15 is 0 Å². The molecule has 102 valence electrons. The van der Waals surface area contributed by atoms with E-state index in [4.69, 9.17) is 12.2 Å². The minimum Gasteiger partial charge on any atom is -0.330 e. The second-order valence-corrected chi connectivity index (χ2v) is 7.16. The molecule has 1 N–H and O–H groups in total. The second kappa shape index (κ2) is 5.36. The maximum Gasteiger partial charge on any atom is 0.182 e. The van der Waals surface area contributed by atoms with Crippen molar-refractivity contribution >= 4 is 71.0 Å². The maximum atomic E-state index is 13.8. The van der Waals surface area contributed by atoms with Crippen molar-refractivity contribution in [2.24, 2.45) is 0 Å². The molecule has 0 fully saturated rings. The molecule has 0 saturated carbocycles. The lowest BCUT2D eigenvalue weighted by atomic mass is 10.2. The van der Waals surface area contributed by atoms with Crippen molar-refractivity contribution in [2.75, 3.05) is 0 Å². The second-order valence-electron chi connectivity index (χ2n) is 4.14. The van der Waals surface area contributed by atoms with E-state index in [0.29, 0.717) is 14.8 Å². The van der Waals surface area contributed by atoms with Gasteiger partial charge in [0, 0.05) is 15.0 Å². The van der Waals surface area contributed by atoms with Gasteiger partial charge in [-0.15, -0.1) is 0 Å². The molecule has 0 aliphatic heterocycles. The summed E-state index contributed by atoms with van der Waals surface area (Å²) in [5.74, 6) is -0.325. The summed E-state index contributed by atoms with van der Waals surface area (Å²) in [6.45, 7) is 0. The van der Waals surface area contributed by atoms with Gasteiger partial charge in [0.25, 0.3) is 0 Å². The molecule has 0 atom stereocenters. The topological polar surface area (TPSA) is 20.7 Å². The Hall–Kier alpha value is -0.500. The van der Waals surface area contributed by atoms with Crippen LogP contribution < -0.4 is 0 Å². The molecule has 3 rings (SSSR count). The Kier molecular flexibility index (Phi) is 3.87. The van der Waals surface area contributed by atoms with Gasteiger partial charge < -0.3 is 4.98 Å². The van der Waals surface area contributed by atoms with Crippen molar-refractivity contribution in [2.45, 2.75) is 0 Å². The number of fused-ring (bicyclic) bond motifs is 1. The zero-order valence-corrected chi connectivity index (χ0v) is 15.3. The zero-order chi connectivity index (χ0) is 14.4. The highest BCUT2D eigenvalue weighted by molar-refractivity contribution is 9.11. The van der Waals surface area contributed by atoms with Gasteiger partial charge in [-0.1, -0.05) is 15.9 Å². The van der Waals surface area contributed by atoms with Crippen molar-refractivity contribution in [3.05, 3.63) is 54.3 Å². The normalized spacial score (nSPS) is 11.2. The fourth-order valence-electron chi connectivity index (χ4n) is 2.00. The van der Waals surface area contributed by atoms with Gasteiger partial charge in [0.05, 0.1) is 21.2 Å².